The quantitative estimate of drug-likeness (QED) is 0.726. The number of hydrogen-bond acceptors (Lipinski definition) is 3. The molecule has 0 fully saturated rings. The van der Waals surface area contributed by atoms with Gasteiger partial charge in [-0.25, -0.2) is 0 Å². The Labute approximate surface area is 109 Å². The molecule has 0 aliphatic carbocycles. The van der Waals surface area contributed by atoms with Crippen molar-refractivity contribution in [1.29, 1.82) is 0 Å². The summed E-state index contributed by atoms with van der Waals surface area (Å²) in [5, 5.41) is 0. The zero-order valence-electron chi connectivity index (χ0n) is 11.6. The van der Waals surface area contributed by atoms with Gasteiger partial charge in [0.25, 0.3) is 0 Å². The first-order valence-electron chi connectivity index (χ1n) is 6.32. The second-order valence-electron chi connectivity index (χ2n) is 4.96. The number of rotatable bonds is 6. The molecule has 1 atom stereocenters. The number of hydrogen-bond donors (Lipinski definition) is 0. The van der Waals surface area contributed by atoms with Gasteiger partial charge in [0.1, 0.15) is 5.75 Å². The molecule has 0 saturated carbocycles. The molecule has 3 heteroatoms. The number of carbonyl (C=O) groups is 1. The summed E-state index contributed by atoms with van der Waals surface area (Å²) >= 11 is 0. The van der Waals surface area contributed by atoms with E-state index >= 15 is 0 Å². The lowest BCUT2D eigenvalue weighted by atomic mass is 9.98. The van der Waals surface area contributed by atoms with Crippen molar-refractivity contribution in [1.82, 2.24) is 0 Å². The highest BCUT2D eigenvalue weighted by molar-refractivity contribution is 5.70. The molecule has 1 unspecified atom stereocenters. The minimum Gasteiger partial charge on any atom is -0.497 e. The molecule has 0 aliphatic heterocycles. The van der Waals surface area contributed by atoms with E-state index in [2.05, 4.69) is 0 Å². The lowest BCUT2D eigenvalue weighted by molar-refractivity contribution is -0.145. The van der Waals surface area contributed by atoms with Gasteiger partial charge >= 0.3 is 5.97 Å². The van der Waals surface area contributed by atoms with E-state index in [9.17, 15) is 4.79 Å². The topological polar surface area (TPSA) is 35.5 Å². The summed E-state index contributed by atoms with van der Waals surface area (Å²) in [5.41, 5.74) is 1.09. The van der Waals surface area contributed by atoms with Crippen LogP contribution in [-0.4, -0.2) is 19.7 Å². The molecule has 18 heavy (non-hydrogen) atoms. The maximum atomic E-state index is 11.6. The van der Waals surface area contributed by atoms with E-state index in [1.165, 1.54) is 0 Å². The molecule has 0 radical (unpaired) electrons. The van der Waals surface area contributed by atoms with E-state index in [1.54, 1.807) is 7.11 Å². The summed E-state index contributed by atoms with van der Waals surface area (Å²) in [6, 6.07) is 7.79. The minimum absolute atomic E-state index is 0.139. The summed E-state index contributed by atoms with van der Waals surface area (Å²) in [4.78, 5) is 11.6. The van der Waals surface area contributed by atoms with E-state index < -0.39 is 0 Å². The van der Waals surface area contributed by atoms with Crippen molar-refractivity contribution in [3.8, 4) is 5.75 Å². The van der Waals surface area contributed by atoms with Crippen molar-refractivity contribution in [3.05, 3.63) is 29.8 Å². The molecule has 0 saturated heterocycles. The fourth-order valence-electron chi connectivity index (χ4n) is 1.63. The highest BCUT2D eigenvalue weighted by Gasteiger charge is 2.13. The lowest BCUT2D eigenvalue weighted by Crippen LogP contribution is -2.12. The standard InChI is InChI=1S/C15H22O3/c1-11(2)10-18-15(16)8-12(3)13-6-5-7-14(9-13)17-4/h5-7,9,11-12H,8,10H2,1-4H3. The molecule has 1 aromatic rings. The largest absolute Gasteiger partial charge is 0.497 e. The summed E-state index contributed by atoms with van der Waals surface area (Å²) in [6.07, 6.45) is 0.403. The molecule has 3 nitrogen and oxygen atoms in total. The Kier molecular flexibility index (Phi) is 5.69. The van der Waals surface area contributed by atoms with Crippen LogP contribution in [0.15, 0.2) is 24.3 Å². The van der Waals surface area contributed by atoms with Crippen LogP contribution in [0.3, 0.4) is 0 Å². The van der Waals surface area contributed by atoms with Gasteiger partial charge in [0.15, 0.2) is 0 Å². The van der Waals surface area contributed by atoms with Crippen molar-refractivity contribution in [3.63, 3.8) is 0 Å². The Morgan fingerprint density at radius 3 is 2.61 bits per heavy atom. The van der Waals surface area contributed by atoms with Gasteiger partial charge in [0, 0.05) is 0 Å². The molecule has 0 bridgehead atoms. The third kappa shape index (κ3) is 4.78. The molecule has 0 aliphatic rings. The van der Waals surface area contributed by atoms with Crippen LogP contribution in [-0.2, 0) is 9.53 Å². The zero-order chi connectivity index (χ0) is 13.5. The lowest BCUT2D eigenvalue weighted by Gasteiger charge is -2.13. The average molecular weight is 250 g/mol. The summed E-state index contributed by atoms with van der Waals surface area (Å²) < 4.78 is 10.4. The Bertz CT molecular complexity index is 385. The van der Waals surface area contributed by atoms with Gasteiger partial charge in [-0.05, 0) is 29.5 Å². The van der Waals surface area contributed by atoms with E-state index in [0.717, 1.165) is 11.3 Å². The monoisotopic (exact) mass is 250 g/mol. The van der Waals surface area contributed by atoms with E-state index in [-0.39, 0.29) is 11.9 Å². The number of methoxy groups -OCH3 is 1. The van der Waals surface area contributed by atoms with Crippen LogP contribution in [0.25, 0.3) is 0 Å². The molecule has 1 aromatic carbocycles. The smallest absolute Gasteiger partial charge is 0.306 e. The van der Waals surface area contributed by atoms with Gasteiger partial charge in [0.05, 0.1) is 20.1 Å². The Morgan fingerprint density at radius 2 is 2.00 bits per heavy atom. The molecular weight excluding hydrogens is 228 g/mol. The fourth-order valence-corrected chi connectivity index (χ4v) is 1.63. The first-order valence-corrected chi connectivity index (χ1v) is 6.32. The molecule has 1 rings (SSSR count). The Balaban J connectivity index is 2.53. The maximum absolute atomic E-state index is 11.6. The van der Waals surface area contributed by atoms with Crippen molar-refractivity contribution >= 4 is 5.97 Å². The Hall–Kier alpha value is -1.51. The molecule has 0 spiro atoms. The maximum Gasteiger partial charge on any atom is 0.306 e. The molecular formula is C15H22O3. The second kappa shape index (κ2) is 7.04. The van der Waals surface area contributed by atoms with E-state index in [1.807, 2.05) is 45.0 Å². The van der Waals surface area contributed by atoms with Crippen LogP contribution in [0, 0.1) is 5.92 Å². The van der Waals surface area contributed by atoms with Crippen LogP contribution in [0.1, 0.15) is 38.7 Å². The highest BCUT2D eigenvalue weighted by Crippen LogP contribution is 2.23. The van der Waals surface area contributed by atoms with E-state index in [4.69, 9.17) is 9.47 Å². The third-order valence-electron chi connectivity index (χ3n) is 2.71. The molecule has 100 valence electrons. The highest BCUT2D eigenvalue weighted by atomic mass is 16.5. The first kappa shape index (κ1) is 14.6. The second-order valence-corrected chi connectivity index (χ2v) is 4.96. The fraction of sp³-hybridized carbons (Fsp3) is 0.533. The molecule has 0 heterocycles. The van der Waals surface area contributed by atoms with Crippen LogP contribution in [0.5, 0.6) is 5.75 Å². The predicted molar refractivity (Wildman–Crippen MR) is 71.8 cm³/mol. The third-order valence-corrected chi connectivity index (χ3v) is 2.71. The van der Waals surface area contributed by atoms with Crippen molar-refractivity contribution < 1.29 is 14.3 Å². The number of esters is 1. The minimum atomic E-state index is -0.140. The number of benzene rings is 1. The van der Waals surface area contributed by atoms with Crippen molar-refractivity contribution in [2.45, 2.75) is 33.1 Å². The number of ether oxygens (including phenoxy) is 2. The van der Waals surface area contributed by atoms with Crippen molar-refractivity contribution in [2.75, 3.05) is 13.7 Å². The van der Waals surface area contributed by atoms with E-state index in [0.29, 0.717) is 18.9 Å². The summed E-state index contributed by atoms with van der Waals surface area (Å²) in [5.74, 6) is 1.19. The summed E-state index contributed by atoms with van der Waals surface area (Å²) in [7, 11) is 1.64. The first-order chi connectivity index (χ1) is 8.52. The Morgan fingerprint density at radius 1 is 1.28 bits per heavy atom. The van der Waals surface area contributed by atoms with Crippen LogP contribution in [0.2, 0.25) is 0 Å². The van der Waals surface area contributed by atoms with Gasteiger partial charge in [-0.15, -0.1) is 0 Å². The van der Waals surface area contributed by atoms with Crippen LogP contribution < -0.4 is 4.74 Å². The molecule has 0 N–H and O–H groups in total. The van der Waals surface area contributed by atoms with Crippen molar-refractivity contribution in [2.24, 2.45) is 5.92 Å². The van der Waals surface area contributed by atoms with Gasteiger partial charge < -0.3 is 9.47 Å². The van der Waals surface area contributed by atoms with Crippen LogP contribution >= 0.6 is 0 Å². The average Bonchev–Trinajstić information content (AvgIpc) is 2.36. The van der Waals surface area contributed by atoms with Gasteiger partial charge in [0.2, 0.25) is 0 Å². The van der Waals surface area contributed by atoms with Gasteiger partial charge in [-0.2, -0.15) is 0 Å². The van der Waals surface area contributed by atoms with Gasteiger partial charge in [-0.1, -0.05) is 32.9 Å². The normalized spacial score (nSPS) is 12.3. The SMILES string of the molecule is COc1cccc(C(C)CC(=O)OCC(C)C)c1. The predicted octanol–water partition coefficient (Wildman–Crippen LogP) is 3.39. The number of carbonyl (C=O) groups excluding carboxylic acids is 1. The van der Waals surface area contributed by atoms with Gasteiger partial charge in [-0.3, -0.25) is 4.79 Å². The molecule has 0 aromatic heterocycles. The van der Waals surface area contributed by atoms with Crippen LogP contribution in [0.4, 0.5) is 0 Å². The molecule has 0 amide bonds. The summed E-state index contributed by atoms with van der Waals surface area (Å²) in [6.45, 7) is 6.56. The zero-order valence-corrected chi connectivity index (χ0v) is 11.6.